The van der Waals surface area contributed by atoms with E-state index in [9.17, 15) is 18.0 Å². The Balaban J connectivity index is 2.05. The first-order valence-corrected chi connectivity index (χ1v) is 15.3. The molecule has 0 fully saturated rings. The Morgan fingerprint density at radius 1 is 0.925 bits per heavy atom. The molecule has 1 N–H and O–H groups in total. The van der Waals surface area contributed by atoms with Crippen molar-refractivity contribution in [3.8, 4) is 0 Å². The number of hydrogen-bond acceptors (Lipinski definition) is 4. The van der Waals surface area contributed by atoms with Crippen molar-refractivity contribution >= 4 is 50.7 Å². The van der Waals surface area contributed by atoms with Gasteiger partial charge in [-0.3, -0.25) is 13.9 Å². The standard InChI is InChI=1S/C30H35Cl2N3O4S/c1-5-28(30(37)33-18-21(2)3)34(19-23-8-6-7-9-27(23)32)29(36)20-35(25-14-12-24(31)13-15-25)40(38,39)26-16-10-22(4)11-17-26/h6-17,21,28H,5,18-20H2,1-4H3,(H,33,37)/t28-/m0/s1. The zero-order valence-electron chi connectivity index (χ0n) is 23.1. The van der Waals surface area contributed by atoms with E-state index in [1.165, 1.54) is 17.0 Å². The zero-order chi connectivity index (χ0) is 29.4. The summed E-state index contributed by atoms with van der Waals surface area (Å²) in [4.78, 5) is 28.8. The fraction of sp³-hybridized carbons (Fsp3) is 0.333. The van der Waals surface area contributed by atoms with Gasteiger partial charge in [0.25, 0.3) is 10.0 Å². The molecule has 40 heavy (non-hydrogen) atoms. The van der Waals surface area contributed by atoms with Crippen LogP contribution in [0.2, 0.25) is 10.0 Å². The van der Waals surface area contributed by atoms with Gasteiger partial charge in [0.1, 0.15) is 12.6 Å². The number of nitrogens with one attached hydrogen (secondary N) is 1. The third-order valence-corrected chi connectivity index (χ3v) is 8.78. The average molecular weight is 605 g/mol. The highest BCUT2D eigenvalue weighted by Gasteiger charge is 2.34. The van der Waals surface area contributed by atoms with Crippen LogP contribution in [-0.2, 0) is 26.2 Å². The van der Waals surface area contributed by atoms with Gasteiger partial charge in [-0.05, 0) is 67.3 Å². The Morgan fingerprint density at radius 3 is 2.12 bits per heavy atom. The number of sulfonamides is 1. The van der Waals surface area contributed by atoms with Crippen LogP contribution in [0.3, 0.4) is 0 Å². The summed E-state index contributed by atoms with van der Waals surface area (Å²) in [7, 11) is -4.15. The van der Waals surface area contributed by atoms with Crippen molar-refractivity contribution < 1.29 is 18.0 Å². The van der Waals surface area contributed by atoms with E-state index in [4.69, 9.17) is 23.2 Å². The number of anilines is 1. The average Bonchev–Trinajstić information content (AvgIpc) is 2.92. The van der Waals surface area contributed by atoms with E-state index in [0.717, 1.165) is 9.87 Å². The Labute approximate surface area is 247 Å². The molecule has 2 amide bonds. The van der Waals surface area contributed by atoms with Crippen LogP contribution < -0.4 is 9.62 Å². The summed E-state index contributed by atoms with van der Waals surface area (Å²) in [6.07, 6.45) is 0.325. The molecule has 0 saturated carbocycles. The molecule has 0 unspecified atom stereocenters. The molecular weight excluding hydrogens is 569 g/mol. The summed E-state index contributed by atoms with van der Waals surface area (Å²) >= 11 is 12.5. The highest BCUT2D eigenvalue weighted by atomic mass is 35.5. The maximum absolute atomic E-state index is 14.1. The van der Waals surface area contributed by atoms with Crippen molar-refractivity contribution in [1.82, 2.24) is 10.2 Å². The highest BCUT2D eigenvalue weighted by Crippen LogP contribution is 2.27. The molecule has 7 nitrogen and oxygen atoms in total. The van der Waals surface area contributed by atoms with Crippen molar-refractivity contribution in [2.45, 2.75) is 51.6 Å². The lowest BCUT2D eigenvalue weighted by Gasteiger charge is -2.33. The zero-order valence-corrected chi connectivity index (χ0v) is 25.4. The number of amides is 2. The van der Waals surface area contributed by atoms with Crippen LogP contribution in [0.5, 0.6) is 0 Å². The maximum atomic E-state index is 14.1. The van der Waals surface area contributed by atoms with Gasteiger partial charge in [0.05, 0.1) is 10.6 Å². The van der Waals surface area contributed by atoms with Crippen molar-refractivity contribution in [1.29, 1.82) is 0 Å². The minimum absolute atomic E-state index is 0.0329. The second-order valence-corrected chi connectivity index (χ2v) is 12.7. The van der Waals surface area contributed by atoms with Crippen LogP contribution in [0.1, 0.15) is 38.3 Å². The van der Waals surface area contributed by atoms with Gasteiger partial charge >= 0.3 is 0 Å². The number of hydrogen-bond donors (Lipinski definition) is 1. The molecule has 0 aliphatic carbocycles. The summed E-state index contributed by atoms with van der Waals surface area (Å²) in [6.45, 7) is 7.58. The lowest BCUT2D eigenvalue weighted by Crippen LogP contribution is -2.52. The molecule has 214 valence electrons. The van der Waals surface area contributed by atoms with Crippen LogP contribution in [0, 0.1) is 12.8 Å². The maximum Gasteiger partial charge on any atom is 0.264 e. The van der Waals surface area contributed by atoms with Crippen LogP contribution in [0.15, 0.2) is 77.7 Å². The molecule has 10 heteroatoms. The first-order chi connectivity index (χ1) is 18.9. The highest BCUT2D eigenvalue weighted by molar-refractivity contribution is 7.92. The lowest BCUT2D eigenvalue weighted by molar-refractivity contribution is -0.140. The molecule has 0 aliphatic rings. The van der Waals surface area contributed by atoms with Crippen LogP contribution in [-0.4, -0.2) is 44.3 Å². The van der Waals surface area contributed by atoms with Crippen LogP contribution in [0.4, 0.5) is 5.69 Å². The third kappa shape index (κ3) is 7.99. The Morgan fingerprint density at radius 2 is 1.55 bits per heavy atom. The van der Waals surface area contributed by atoms with E-state index in [1.54, 1.807) is 60.7 Å². The van der Waals surface area contributed by atoms with E-state index >= 15 is 0 Å². The summed E-state index contributed by atoms with van der Waals surface area (Å²) < 4.78 is 28.8. The summed E-state index contributed by atoms with van der Waals surface area (Å²) in [5.41, 5.74) is 1.82. The molecule has 3 aromatic carbocycles. The van der Waals surface area contributed by atoms with Gasteiger partial charge in [0.15, 0.2) is 0 Å². The Bertz CT molecular complexity index is 1410. The Hall–Kier alpha value is -3.07. The molecule has 0 radical (unpaired) electrons. The van der Waals surface area contributed by atoms with Gasteiger partial charge in [0, 0.05) is 23.1 Å². The molecule has 3 rings (SSSR count). The second-order valence-electron chi connectivity index (χ2n) is 9.98. The third-order valence-electron chi connectivity index (χ3n) is 6.37. The molecule has 1 atom stereocenters. The van der Waals surface area contributed by atoms with Gasteiger partial charge in [0.2, 0.25) is 11.8 Å². The Kier molecular flexibility index (Phi) is 11.0. The van der Waals surface area contributed by atoms with Gasteiger partial charge in [-0.1, -0.05) is 79.9 Å². The summed E-state index contributed by atoms with van der Waals surface area (Å²) in [5, 5.41) is 3.78. The van der Waals surface area contributed by atoms with Crippen LogP contribution >= 0.6 is 23.2 Å². The number of aryl methyl sites for hydroxylation is 1. The largest absolute Gasteiger partial charge is 0.354 e. The quantitative estimate of drug-likeness (QED) is 0.272. The second kappa shape index (κ2) is 14.0. The number of carbonyl (C=O) groups is 2. The van der Waals surface area contributed by atoms with Gasteiger partial charge in [-0.2, -0.15) is 0 Å². The van der Waals surface area contributed by atoms with Gasteiger partial charge < -0.3 is 10.2 Å². The van der Waals surface area contributed by atoms with E-state index in [1.807, 2.05) is 27.7 Å². The number of carbonyl (C=O) groups excluding carboxylic acids is 2. The molecule has 3 aromatic rings. The molecule has 0 aliphatic heterocycles. The predicted molar refractivity (Wildman–Crippen MR) is 161 cm³/mol. The molecule has 0 saturated heterocycles. The first kappa shape index (κ1) is 31.5. The minimum Gasteiger partial charge on any atom is -0.354 e. The predicted octanol–water partition coefficient (Wildman–Crippen LogP) is 6.08. The van der Waals surface area contributed by atoms with Crippen molar-refractivity contribution in [3.63, 3.8) is 0 Å². The van der Waals surface area contributed by atoms with E-state index in [-0.39, 0.29) is 29.0 Å². The van der Waals surface area contributed by atoms with E-state index in [2.05, 4.69) is 5.32 Å². The number of benzene rings is 3. The number of nitrogens with zero attached hydrogens (tertiary/aromatic N) is 2. The summed E-state index contributed by atoms with van der Waals surface area (Å²) in [5.74, 6) is -0.637. The van der Waals surface area contributed by atoms with Crippen molar-refractivity contribution in [2.75, 3.05) is 17.4 Å². The molecular formula is C30H35Cl2N3O4S. The van der Waals surface area contributed by atoms with E-state index < -0.39 is 28.5 Å². The first-order valence-electron chi connectivity index (χ1n) is 13.1. The smallest absolute Gasteiger partial charge is 0.264 e. The van der Waals surface area contributed by atoms with Gasteiger partial charge in [-0.15, -0.1) is 0 Å². The monoisotopic (exact) mass is 603 g/mol. The molecule has 0 spiro atoms. The SMILES string of the molecule is CC[C@@H](C(=O)NCC(C)C)N(Cc1ccccc1Cl)C(=O)CN(c1ccc(Cl)cc1)S(=O)(=O)c1ccc(C)cc1. The number of rotatable bonds is 12. The normalized spacial score (nSPS) is 12.2. The van der Waals surface area contributed by atoms with Gasteiger partial charge in [-0.25, -0.2) is 8.42 Å². The topological polar surface area (TPSA) is 86.8 Å². The summed E-state index contributed by atoms with van der Waals surface area (Å²) in [6, 6.07) is 18.9. The molecule has 0 heterocycles. The van der Waals surface area contributed by atoms with Crippen molar-refractivity contribution in [2.24, 2.45) is 5.92 Å². The molecule has 0 aromatic heterocycles. The fourth-order valence-corrected chi connectivity index (χ4v) is 5.86. The number of halogens is 2. The van der Waals surface area contributed by atoms with Crippen molar-refractivity contribution in [3.05, 3.63) is 94.0 Å². The lowest BCUT2D eigenvalue weighted by atomic mass is 10.1. The minimum atomic E-state index is -4.15. The fourth-order valence-electron chi connectivity index (χ4n) is 4.13. The molecule has 0 bridgehead atoms. The van der Waals surface area contributed by atoms with E-state index in [0.29, 0.717) is 28.6 Å². The van der Waals surface area contributed by atoms with Crippen LogP contribution in [0.25, 0.3) is 0 Å².